The number of nitrogen functional groups attached to an aromatic ring is 1. The van der Waals surface area contributed by atoms with Gasteiger partial charge in [-0.15, -0.1) is 0 Å². The highest BCUT2D eigenvalue weighted by atomic mass is 32.2. The van der Waals surface area contributed by atoms with Gasteiger partial charge in [0.15, 0.2) is 9.84 Å². The van der Waals surface area contributed by atoms with Gasteiger partial charge in [-0.05, 0) is 24.3 Å². The smallest absolute Gasteiger partial charge is 0.296 e. The van der Waals surface area contributed by atoms with E-state index in [2.05, 4.69) is 5.32 Å². The van der Waals surface area contributed by atoms with Gasteiger partial charge in [-0.2, -0.15) is 16.8 Å². The van der Waals surface area contributed by atoms with Crippen LogP contribution in [0.3, 0.4) is 0 Å². The van der Waals surface area contributed by atoms with Crippen molar-refractivity contribution >= 4 is 52.8 Å². The van der Waals surface area contributed by atoms with E-state index in [0.717, 1.165) is 24.3 Å². The van der Waals surface area contributed by atoms with E-state index in [0.29, 0.717) is 6.07 Å². The van der Waals surface area contributed by atoms with E-state index in [9.17, 15) is 39.9 Å². The van der Waals surface area contributed by atoms with Crippen molar-refractivity contribution in [3.05, 3.63) is 46.5 Å². The van der Waals surface area contributed by atoms with Crippen LogP contribution < -0.4 is 11.1 Å². The molecule has 2 rings (SSSR count). The lowest BCUT2D eigenvalue weighted by Crippen LogP contribution is -2.18. The second kappa shape index (κ2) is 8.15. The molecule has 0 aliphatic rings. The van der Waals surface area contributed by atoms with Crippen LogP contribution in [0.25, 0.3) is 0 Å². The summed E-state index contributed by atoms with van der Waals surface area (Å²) in [6.45, 7) is 0. The second-order valence-electron chi connectivity index (χ2n) is 5.90. The van der Waals surface area contributed by atoms with Gasteiger partial charge in [0.1, 0.15) is 4.90 Å². The predicted octanol–water partition coefficient (Wildman–Crippen LogP) is 0.829. The van der Waals surface area contributed by atoms with Crippen LogP contribution in [0.2, 0.25) is 0 Å². The highest BCUT2D eigenvalue weighted by molar-refractivity contribution is 7.93. The van der Waals surface area contributed by atoms with Gasteiger partial charge in [0.05, 0.1) is 32.7 Å². The summed E-state index contributed by atoms with van der Waals surface area (Å²) in [5.74, 6) is -2.22. The molecule has 0 aliphatic carbocycles. The molecular formula is C14H15N3O10S3. The standard InChI is InChI=1S/C14H15N3O10S3/c15-11-3-1-9(7-13(11)30(25,26)27)16-12-4-2-10(17(18)19)8-14(12)28(20,21)5-6-29(22,23)24/h1-4,7-8,16H,5-6,15H2,(H,22,23,24)(H,25,26,27). The summed E-state index contributed by atoms with van der Waals surface area (Å²) in [4.78, 5) is 8.81. The third-order valence-electron chi connectivity index (χ3n) is 3.69. The van der Waals surface area contributed by atoms with E-state index in [-0.39, 0.29) is 17.1 Å². The molecule has 164 valence electrons. The maximum Gasteiger partial charge on any atom is 0.296 e. The van der Waals surface area contributed by atoms with Gasteiger partial charge in [0, 0.05) is 17.8 Å². The fourth-order valence-electron chi connectivity index (χ4n) is 2.30. The number of hydrogen-bond acceptors (Lipinski definition) is 10. The molecule has 0 heterocycles. The number of rotatable bonds is 8. The average Bonchev–Trinajstić information content (AvgIpc) is 2.60. The maximum absolute atomic E-state index is 12.6. The van der Waals surface area contributed by atoms with Gasteiger partial charge in [0.2, 0.25) is 0 Å². The van der Waals surface area contributed by atoms with Crippen molar-refractivity contribution < 1.29 is 39.3 Å². The Kier molecular flexibility index (Phi) is 6.38. The fourth-order valence-corrected chi connectivity index (χ4v) is 5.64. The van der Waals surface area contributed by atoms with Crippen LogP contribution in [0, 0.1) is 10.1 Å². The molecule has 0 aromatic heterocycles. The van der Waals surface area contributed by atoms with Crippen molar-refractivity contribution in [2.24, 2.45) is 0 Å². The second-order valence-corrected chi connectivity index (χ2v) is 10.9. The molecule has 0 unspecified atom stereocenters. The van der Waals surface area contributed by atoms with Crippen LogP contribution in [-0.4, -0.2) is 50.8 Å². The van der Waals surface area contributed by atoms with Gasteiger partial charge < -0.3 is 11.1 Å². The monoisotopic (exact) mass is 481 g/mol. The van der Waals surface area contributed by atoms with Crippen molar-refractivity contribution in [3.63, 3.8) is 0 Å². The van der Waals surface area contributed by atoms with E-state index >= 15 is 0 Å². The third kappa shape index (κ3) is 5.86. The molecule has 0 radical (unpaired) electrons. The predicted molar refractivity (Wildman–Crippen MR) is 106 cm³/mol. The van der Waals surface area contributed by atoms with Crippen LogP contribution in [0.5, 0.6) is 0 Å². The van der Waals surface area contributed by atoms with Gasteiger partial charge in [-0.1, -0.05) is 0 Å². The van der Waals surface area contributed by atoms with Crippen molar-refractivity contribution in [2.75, 3.05) is 22.6 Å². The molecule has 0 fully saturated rings. The topological polar surface area (TPSA) is 224 Å². The molecule has 0 spiro atoms. The number of nitrogens with zero attached hydrogens (tertiary/aromatic N) is 1. The summed E-state index contributed by atoms with van der Waals surface area (Å²) in [5, 5.41) is 13.5. The molecule has 16 heteroatoms. The largest absolute Gasteiger partial charge is 0.398 e. The van der Waals surface area contributed by atoms with E-state index in [1.807, 2.05) is 0 Å². The van der Waals surface area contributed by atoms with Crippen LogP contribution in [-0.2, 0) is 30.1 Å². The average molecular weight is 481 g/mol. The first kappa shape index (κ1) is 23.5. The Balaban J connectivity index is 2.57. The Morgan fingerprint density at radius 1 is 0.933 bits per heavy atom. The summed E-state index contributed by atoms with van der Waals surface area (Å²) in [5.41, 5.74) is 4.30. The Morgan fingerprint density at radius 2 is 1.57 bits per heavy atom. The van der Waals surface area contributed by atoms with E-state index in [1.54, 1.807) is 0 Å². The number of nitrogens with two attached hydrogens (primary N) is 1. The molecule has 2 aromatic carbocycles. The summed E-state index contributed by atoms with van der Waals surface area (Å²) in [6, 6.07) is 5.93. The Bertz CT molecular complexity index is 1320. The SMILES string of the molecule is Nc1ccc(Nc2ccc([N+](=O)[O-])cc2S(=O)(=O)CCS(=O)(=O)O)cc1S(=O)(=O)O. The molecule has 0 atom stereocenters. The summed E-state index contributed by atoms with van der Waals surface area (Å²) in [7, 11) is -13.8. The molecule has 30 heavy (non-hydrogen) atoms. The highest BCUT2D eigenvalue weighted by Gasteiger charge is 2.25. The van der Waals surface area contributed by atoms with Crippen LogP contribution >= 0.6 is 0 Å². The van der Waals surface area contributed by atoms with E-state index < -0.39 is 62.0 Å². The molecule has 0 saturated carbocycles. The first-order chi connectivity index (χ1) is 13.6. The van der Waals surface area contributed by atoms with Crippen LogP contribution in [0.1, 0.15) is 0 Å². The van der Waals surface area contributed by atoms with Gasteiger partial charge in [0.25, 0.3) is 25.9 Å². The van der Waals surface area contributed by atoms with Crippen molar-refractivity contribution in [1.29, 1.82) is 0 Å². The zero-order valence-corrected chi connectivity index (χ0v) is 17.2. The zero-order valence-electron chi connectivity index (χ0n) is 14.8. The Morgan fingerprint density at radius 3 is 2.10 bits per heavy atom. The molecule has 13 nitrogen and oxygen atoms in total. The Hall–Kier alpha value is -2.79. The van der Waals surface area contributed by atoms with Crippen LogP contribution in [0.4, 0.5) is 22.7 Å². The van der Waals surface area contributed by atoms with E-state index in [4.69, 9.17) is 10.3 Å². The minimum atomic E-state index is -4.70. The summed E-state index contributed by atoms with van der Waals surface area (Å²) >= 11 is 0. The molecule has 5 N–H and O–H groups in total. The first-order valence-corrected chi connectivity index (χ1v) is 12.4. The number of anilines is 3. The minimum Gasteiger partial charge on any atom is -0.398 e. The lowest BCUT2D eigenvalue weighted by Gasteiger charge is -2.14. The highest BCUT2D eigenvalue weighted by Crippen LogP contribution is 2.31. The van der Waals surface area contributed by atoms with Crippen molar-refractivity contribution in [2.45, 2.75) is 9.79 Å². The minimum absolute atomic E-state index is 0.0445. The number of nitro benzene ring substituents is 1. The number of non-ortho nitro benzene ring substituents is 1. The fraction of sp³-hybridized carbons (Fsp3) is 0.143. The third-order valence-corrected chi connectivity index (χ3v) is 7.33. The number of nitro groups is 1. The first-order valence-electron chi connectivity index (χ1n) is 7.70. The Labute approximate surface area is 171 Å². The summed E-state index contributed by atoms with van der Waals surface area (Å²) < 4.78 is 87.7. The molecule has 0 bridgehead atoms. The molecule has 0 aliphatic heterocycles. The molecule has 0 amide bonds. The number of nitrogens with one attached hydrogen (secondary N) is 1. The molecule has 2 aromatic rings. The maximum atomic E-state index is 12.6. The van der Waals surface area contributed by atoms with Gasteiger partial charge in [-0.25, -0.2) is 8.42 Å². The zero-order chi connectivity index (χ0) is 22.9. The normalized spacial score (nSPS) is 12.5. The van der Waals surface area contributed by atoms with Gasteiger partial charge in [-0.3, -0.25) is 19.2 Å². The number of hydrogen-bond donors (Lipinski definition) is 4. The van der Waals surface area contributed by atoms with Gasteiger partial charge >= 0.3 is 0 Å². The van der Waals surface area contributed by atoms with Crippen molar-refractivity contribution in [3.8, 4) is 0 Å². The van der Waals surface area contributed by atoms with E-state index in [1.165, 1.54) is 6.07 Å². The summed E-state index contributed by atoms with van der Waals surface area (Å²) in [6.07, 6.45) is 0. The molecular weight excluding hydrogens is 466 g/mol. The lowest BCUT2D eigenvalue weighted by atomic mass is 10.2. The number of benzene rings is 2. The number of sulfone groups is 1. The van der Waals surface area contributed by atoms with Crippen LogP contribution in [0.15, 0.2) is 46.2 Å². The quantitative estimate of drug-likeness (QED) is 0.178. The molecule has 0 saturated heterocycles. The van der Waals surface area contributed by atoms with Crippen molar-refractivity contribution in [1.82, 2.24) is 0 Å². The lowest BCUT2D eigenvalue weighted by molar-refractivity contribution is -0.385.